The smallest absolute Gasteiger partial charge is 0.222 e. The highest BCUT2D eigenvalue weighted by atomic mass is 16.2. The average molecular weight is 313 g/mol. The minimum Gasteiger partial charge on any atom is -0.341 e. The molecule has 124 valence electrons. The largest absolute Gasteiger partial charge is 0.341 e. The Kier molecular flexibility index (Phi) is 5.24. The Morgan fingerprint density at radius 1 is 1.17 bits per heavy atom. The van der Waals surface area contributed by atoms with Crippen LogP contribution in [-0.4, -0.2) is 27.6 Å². The second kappa shape index (κ2) is 6.99. The van der Waals surface area contributed by atoms with E-state index in [1.807, 2.05) is 20.3 Å². The number of amides is 1. The number of hydrogen-bond acceptors (Lipinski definition) is 2. The van der Waals surface area contributed by atoms with E-state index < -0.39 is 0 Å². The first-order valence-electron chi connectivity index (χ1n) is 8.06. The van der Waals surface area contributed by atoms with Crippen LogP contribution in [0.2, 0.25) is 0 Å². The molecule has 0 spiro atoms. The van der Waals surface area contributed by atoms with Gasteiger partial charge in [0.25, 0.3) is 0 Å². The summed E-state index contributed by atoms with van der Waals surface area (Å²) in [5.74, 6) is 0.161. The summed E-state index contributed by atoms with van der Waals surface area (Å²) in [5, 5.41) is 4.13. The SMILES string of the molecule is CN(Cc1cnn(C)c1)C(=O)CCc1ccc(C(C)(C)C)cc1. The van der Waals surface area contributed by atoms with E-state index in [4.69, 9.17) is 0 Å². The van der Waals surface area contributed by atoms with Crippen molar-refractivity contribution in [2.24, 2.45) is 7.05 Å². The fourth-order valence-corrected chi connectivity index (χ4v) is 2.53. The summed E-state index contributed by atoms with van der Waals surface area (Å²) in [4.78, 5) is 14.0. The molecule has 2 aromatic rings. The predicted octanol–water partition coefficient (Wildman–Crippen LogP) is 3.31. The third-order valence-electron chi connectivity index (χ3n) is 4.05. The zero-order valence-electron chi connectivity index (χ0n) is 14.8. The standard InChI is InChI=1S/C19H27N3O/c1-19(2,3)17-9-6-15(7-10-17)8-11-18(23)21(4)13-16-12-20-22(5)14-16/h6-7,9-10,12,14H,8,11,13H2,1-5H3. The summed E-state index contributed by atoms with van der Waals surface area (Å²) in [6.07, 6.45) is 5.05. The summed E-state index contributed by atoms with van der Waals surface area (Å²) in [7, 11) is 3.73. The van der Waals surface area contributed by atoms with E-state index in [2.05, 4.69) is 50.1 Å². The molecule has 23 heavy (non-hydrogen) atoms. The molecular formula is C19H27N3O. The van der Waals surface area contributed by atoms with E-state index in [1.165, 1.54) is 11.1 Å². The van der Waals surface area contributed by atoms with Gasteiger partial charge >= 0.3 is 0 Å². The number of rotatable bonds is 5. The van der Waals surface area contributed by atoms with E-state index in [1.54, 1.807) is 15.8 Å². The van der Waals surface area contributed by atoms with Crippen LogP contribution in [0.25, 0.3) is 0 Å². The average Bonchev–Trinajstić information content (AvgIpc) is 2.89. The summed E-state index contributed by atoms with van der Waals surface area (Å²) >= 11 is 0. The van der Waals surface area contributed by atoms with Crippen molar-refractivity contribution in [3.63, 3.8) is 0 Å². The normalized spacial score (nSPS) is 11.5. The molecule has 0 saturated carbocycles. The Bertz CT molecular complexity index is 650. The maximum absolute atomic E-state index is 12.3. The second-order valence-corrected chi connectivity index (χ2v) is 7.22. The van der Waals surface area contributed by atoms with E-state index in [-0.39, 0.29) is 11.3 Å². The van der Waals surface area contributed by atoms with Crippen LogP contribution >= 0.6 is 0 Å². The second-order valence-electron chi connectivity index (χ2n) is 7.22. The lowest BCUT2D eigenvalue weighted by Crippen LogP contribution is -2.26. The van der Waals surface area contributed by atoms with Crippen molar-refractivity contribution in [1.29, 1.82) is 0 Å². The van der Waals surface area contributed by atoms with Crippen LogP contribution < -0.4 is 0 Å². The predicted molar refractivity (Wildman–Crippen MR) is 93.1 cm³/mol. The molecule has 1 aromatic carbocycles. The van der Waals surface area contributed by atoms with Gasteiger partial charge in [0.15, 0.2) is 0 Å². The van der Waals surface area contributed by atoms with E-state index >= 15 is 0 Å². The van der Waals surface area contributed by atoms with Gasteiger partial charge in [0.1, 0.15) is 0 Å². The van der Waals surface area contributed by atoms with Gasteiger partial charge in [0.05, 0.1) is 6.20 Å². The van der Waals surface area contributed by atoms with Gasteiger partial charge in [-0.15, -0.1) is 0 Å². The van der Waals surface area contributed by atoms with Gasteiger partial charge in [-0.3, -0.25) is 9.48 Å². The van der Waals surface area contributed by atoms with Crippen molar-refractivity contribution in [3.05, 3.63) is 53.3 Å². The molecule has 0 atom stereocenters. The van der Waals surface area contributed by atoms with Crippen LogP contribution in [-0.2, 0) is 30.2 Å². The van der Waals surface area contributed by atoms with Crippen molar-refractivity contribution in [1.82, 2.24) is 14.7 Å². The Morgan fingerprint density at radius 2 is 1.83 bits per heavy atom. The maximum atomic E-state index is 12.3. The van der Waals surface area contributed by atoms with E-state index in [9.17, 15) is 4.79 Å². The molecule has 0 bridgehead atoms. The molecule has 0 aliphatic carbocycles. The lowest BCUT2D eigenvalue weighted by molar-refractivity contribution is -0.130. The highest BCUT2D eigenvalue weighted by Gasteiger charge is 2.14. The molecular weight excluding hydrogens is 286 g/mol. The molecule has 0 unspecified atom stereocenters. The number of carbonyl (C=O) groups excluding carboxylic acids is 1. The van der Waals surface area contributed by atoms with Crippen LogP contribution in [0.4, 0.5) is 0 Å². The van der Waals surface area contributed by atoms with Crippen molar-refractivity contribution in [2.75, 3.05) is 7.05 Å². The van der Waals surface area contributed by atoms with Crippen molar-refractivity contribution in [3.8, 4) is 0 Å². The Hall–Kier alpha value is -2.10. The highest BCUT2D eigenvalue weighted by molar-refractivity contribution is 5.76. The Balaban J connectivity index is 1.86. The number of carbonyl (C=O) groups is 1. The van der Waals surface area contributed by atoms with Gasteiger partial charge in [0.2, 0.25) is 5.91 Å². The van der Waals surface area contributed by atoms with E-state index in [0.717, 1.165) is 12.0 Å². The third-order valence-corrected chi connectivity index (χ3v) is 4.05. The fraction of sp³-hybridized carbons (Fsp3) is 0.474. The zero-order chi connectivity index (χ0) is 17.0. The summed E-state index contributed by atoms with van der Waals surface area (Å²) < 4.78 is 1.75. The van der Waals surface area contributed by atoms with Gasteiger partial charge in [-0.2, -0.15) is 5.10 Å². The first-order chi connectivity index (χ1) is 10.8. The van der Waals surface area contributed by atoms with Gasteiger partial charge in [0, 0.05) is 38.8 Å². The number of nitrogens with zero attached hydrogens (tertiary/aromatic N) is 3. The molecule has 0 fully saturated rings. The summed E-state index contributed by atoms with van der Waals surface area (Å²) in [6, 6.07) is 8.60. The lowest BCUT2D eigenvalue weighted by atomic mass is 9.86. The quantitative estimate of drug-likeness (QED) is 0.849. The molecule has 0 aliphatic heterocycles. The highest BCUT2D eigenvalue weighted by Crippen LogP contribution is 2.22. The van der Waals surface area contributed by atoms with Crippen molar-refractivity contribution >= 4 is 5.91 Å². The van der Waals surface area contributed by atoms with E-state index in [0.29, 0.717) is 13.0 Å². The molecule has 1 aromatic heterocycles. The molecule has 2 rings (SSSR count). The topological polar surface area (TPSA) is 38.1 Å². The molecule has 4 heteroatoms. The minimum absolute atomic E-state index is 0.161. The molecule has 0 saturated heterocycles. The van der Waals surface area contributed by atoms with Crippen LogP contribution in [0, 0.1) is 0 Å². The summed E-state index contributed by atoms with van der Waals surface area (Å²) in [5.41, 5.74) is 3.75. The molecule has 0 N–H and O–H groups in total. The molecule has 1 amide bonds. The Labute approximate surface area is 139 Å². The van der Waals surface area contributed by atoms with Crippen LogP contribution in [0.3, 0.4) is 0 Å². The minimum atomic E-state index is 0.161. The lowest BCUT2D eigenvalue weighted by Gasteiger charge is -2.19. The molecule has 4 nitrogen and oxygen atoms in total. The van der Waals surface area contributed by atoms with Crippen molar-refractivity contribution < 1.29 is 4.79 Å². The summed E-state index contributed by atoms with van der Waals surface area (Å²) in [6.45, 7) is 7.23. The van der Waals surface area contributed by atoms with Crippen molar-refractivity contribution in [2.45, 2.75) is 45.6 Å². The van der Waals surface area contributed by atoms with Crippen LogP contribution in [0.15, 0.2) is 36.7 Å². The first-order valence-corrected chi connectivity index (χ1v) is 8.06. The zero-order valence-corrected chi connectivity index (χ0v) is 14.8. The van der Waals surface area contributed by atoms with Gasteiger partial charge in [-0.1, -0.05) is 45.0 Å². The fourth-order valence-electron chi connectivity index (χ4n) is 2.53. The first kappa shape index (κ1) is 17.3. The molecule has 0 radical (unpaired) electrons. The van der Waals surface area contributed by atoms with Gasteiger partial charge in [-0.05, 0) is 23.0 Å². The van der Waals surface area contributed by atoms with Gasteiger partial charge < -0.3 is 4.90 Å². The van der Waals surface area contributed by atoms with Crippen LogP contribution in [0.5, 0.6) is 0 Å². The number of benzene rings is 1. The maximum Gasteiger partial charge on any atom is 0.222 e. The third kappa shape index (κ3) is 4.95. The number of aryl methyl sites for hydroxylation is 2. The number of hydrogen-bond donors (Lipinski definition) is 0. The number of aromatic nitrogens is 2. The Morgan fingerprint density at radius 3 is 2.35 bits per heavy atom. The molecule has 0 aliphatic rings. The monoisotopic (exact) mass is 313 g/mol. The molecule has 1 heterocycles. The van der Waals surface area contributed by atoms with Gasteiger partial charge in [-0.25, -0.2) is 0 Å². The van der Waals surface area contributed by atoms with Crippen LogP contribution in [0.1, 0.15) is 43.9 Å².